The standard InChI is InChI=1S/C12H12BrN5O4S/c1-2-17-8-11(13)12(15-17)7-14-16-23(21,22)10-5-3-4-9(6-10)18(19)20/h3-8,16H,2H2,1H3/b14-7+. The number of non-ortho nitro benzene ring substituents is 1. The quantitative estimate of drug-likeness (QED) is 0.450. The molecule has 0 aliphatic carbocycles. The number of halogens is 1. The van der Waals surface area contributed by atoms with Gasteiger partial charge in [0.2, 0.25) is 0 Å². The predicted molar refractivity (Wildman–Crippen MR) is 86.6 cm³/mol. The van der Waals surface area contributed by atoms with Crippen LogP contribution in [-0.2, 0) is 16.6 Å². The molecule has 9 nitrogen and oxygen atoms in total. The highest BCUT2D eigenvalue weighted by Crippen LogP contribution is 2.17. The van der Waals surface area contributed by atoms with E-state index < -0.39 is 14.9 Å². The summed E-state index contributed by atoms with van der Waals surface area (Å²) in [7, 11) is -4.00. The summed E-state index contributed by atoms with van der Waals surface area (Å²) in [6.45, 7) is 2.57. The molecule has 1 N–H and O–H groups in total. The molecule has 0 bridgehead atoms. The number of nitrogens with zero attached hydrogens (tertiary/aromatic N) is 4. The van der Waals surface area contributed by atoms with Gasteiger partial charge in [-0.3, -0.25) is 14.8 Å². The Morgan fingerprint density at radius 3 is 2.87 bits per heavy atom. The molecule has 0 amide bonds. The third kappa shape index (κ3) is 4.13. The molecule has 2 aromatic rings. The zero-order valence-corrected chi connectivity index (χ0v) is 14.3. The minimum atomic E-state index is -4.00. The van der Waals surface area contributed by atoms with Crippen LogP contribution in [-0.4, -0.2) is 29.3 Å². The molecule has 2 rings (SSSR count). The van der Waals surface area contributed by atoms with Crippen molar-refractivity contribution in [3.05, 3.63) is 50.7 Å². The smallest absolute Gasteiger partial charge is 0.271 e. The molecular weight excluding hydrogens is 390 g/mol. The summed E-state index contributed by atoms with van der Waals surface area (Å²) in [6, 6.07) is 4.69. The molecule has 0 spiro atoms. The topological polar surface area (TPSA) is 119 Å². The number of rotatable bonds is 6. The maximum absolute atomic E-state index is 12.1. The van der Waals surface area contributed by atoms with Crippen LogP contribution < -0.4 is 4.83 Å². The van der Waals surface area contributed by atoms with Crippen LogP contribution in [0.5, 0.6) is 0 Å². The van der Waals surface area contributed by atoms with E-state index in [4.69, 9.17) is 0 Å². The van der Waals surface area contributed by atoms with Gasteiger partial charge in [0, 0.05) is 24.9 Å². The molecule has 0 aliphatic heterocycles. The minimum absolute atomic E-state index is 0.248. The van der Waals surface area contributed by atoms with Gasteiger partial charge in [-0.05, 0) is 28.9 Å². The van der Waals surface area contributed by atoms with E-state index in [1.54, 1.807) is 10.9 Å². The predicted octanol–water partition coefficient (Wildman–Crippen LogP) is 1.89. The van der Waals surface area contributed by atoms with Crippen molar-refractivity contribution in [3.63, 3.8) is 0 Å². The summed E-state index contributed by atoms with van der Waals surface area (Å²) >= 11 is 3.28. The van der Waals surface area contributed by atoms with Crippen LogP contribution >= 0.6 is 15.9 Å². The molecule has 0 radical (unpaired) electrons. The fourth-order valence-electron chi connectivity index (χ4n) is 1.64. The first-order valence-electron chi connectivity index (χ1n) is 6.35. The van der Waals surface area contributed by atoms with Gasteiger partial charge in [-0.15, -0.1) is 0 Å². The highest BCUT2D eigenvalue weighted by molar-refractivity contribution is 9.10. The van der Waals surface area contributed by atoms with Crippen LogP contribution in [0.1, 0.15) is 12.6 Å². The molecule has 1 heterocycles. The van der Waals surface area contributed by atoms with E-state index in [-0.39, 0.29) is 10.6 Å². The van der Waals surface area contributed by atoms with Gasteiger partial charge in [0.1, 0.15) is 5.69 Å². The molecule has 0 saturated carbocycles. The van der Waals surface area contributed by atoms with Crippen molar-refractivity contribution in [1.29, 1.82) is 0 Å². The Balaban J connectivity index is 2.18. The van der Waals surface area contributed by atoms with Crippen LogP contribution in [0.2, 0.25) is 0 Å². The third-order valence-corrected chi connectivity index (χ3v) is 4.60. The second-order valence-electron chi connectivity index (χ2n) is 4.33. The van der Waals surface area contributed by atoms with Crippen LogP contribution in [0, 0.1) is 10.1 Å². The maximum Gasteiger partial charge on any atom is 0.276 e. The number of hydrogen-bond donors (Lipinski definition) is 1. The van der Waals surface area contributed by atoms with Crippen LogP contribution in [0.15, 0.2) is 44.9 Å². The van der Waals surface area contributed by atoms with E-state index in [0.717, 1.165) is 6.07 Å². The van der Waals surface area contributed by atoms with Crippen LogP contribution in [0.4, 0.5) is 5.69 Å². The molecule has 11 heteroatoms. The zero-order valence-electron chi connectivity index (χ0n) is 11.9. The van der Waals surface area contributed by atoms with Gasteiger partial charge in [0.25, 0.3) is 15.7 Å². The first kappa shape index (κ1) is 17.1. The molecule has 122 valence electrons. The lowest BCUT2D eigenvalue weighted by Gasteiger charge is -2.02. The van der Waals surface area contributed by atoms with E-state index >= 15 is 0 Å². The Morgan fingerprint density at radius 2 is 2.26 bits per heavy atom. The van der Waals surface area contributed by atoms with E-state index in [2.05, 4.69) is 26.1 Å². The first-order valence-corrected chi connectivity index (χ1v) is 8.63. The maximum atomic E-state index is 12.1. The number of aryl methyl sites for hydroxylation is 1. The molecule has 23 heavy (non-hydrogen) atoms. The number of sulfonamides is 1. The number of benzene rings is 1. The molecular formula is C12H12BrN5O4S. The fraction of sp³-hybridized carbons (Fsp3) is 0.167. The van der Waals surface area contributed by atoms with Gasteiger partial charge in [-0.1, -0.05) is 6.07 Å². The molecule has 0 atom stereocenters. The van der Waals surface area contributed by atoms with Crippen LogP contribution in [0.3, 0.4) is 0 Å². The summed E-state index contributed by atoms with van der Waals surface area (Å²) in [6.07, 6.45) is 2.97. The fourth-order valence-corrected chi connectivity index (χ4v) is 2.88. The van der Waals surface area contributed by atoms with Gasteiger partial charge in [0.05, 0.1) is 20.5 Å². The van der Waals surface area contributed by atoms with Crippen molar-refractivity contribution in [2.24, 2.45) is 5.10 Å². The Bertz CT molecular complexity index is 862. The number of nitro benzene ring substituents is 1. The minimum Gasteiger partial charge on any atom is -0.271 e. The summed E-state index contributed by atoms with van der Waals surface area (Å²) in [5.74, 6) is 0. The van der Waals surface area contributed by atoms with Gasteiger partial charge < -0.3 is 0 Å². The van der Waals surface area contributed by atoms with Gasteiger partial charge in [-0.2, -0.15) is 23.4 Å². The Morgan fingerprint density at radius 1 is 1.52 bits per heavy atom. The van der Waals surface area contributed by atoms with Crippen molar-refractivity contribution in [1.82, 2.24) is 14.6 Å². The largest absolute Gasteiger partial charge is 0.276 e. The molecule has 0 saturated heterocycles. The molecule has 0 unspecified atom stereocenters. The summed E-state index contributed by atoms with van der Waals surface area (Å²) in [5.41, 5.74) is 0.134. The average Bonchev–Trinajstić information content (AvgIpc) is 2.88. The molecule has 1 aromatic heterocycles. The van der Waals surface area contributed by atoms with Gasteiger partial charge in [-0.25, -0.2) is 0 Å². The van der Waals surface area contributed by atoms with Gasteiger partial charge >= 0.3 is 0 Å². The van der Waals surface area contributed by atoms with Crippen molar-refractivity contribution >= 4 is 37.9 Å². The number of nitro groups is 1. The summed E-state index contributed by atoms with van der Waals surface area (Å²) < 4.78 is 26.4. The SMILES string of the molecule is CCn1cc(Br)c(/C=N/NS(=O)(=O)c2cccc([N+](=O)[O-])c2)n1. The third-order valence-electron chi connectivity index (χ3n) is 2.77. The highest BCUT2D eigenvalue weighted by Gasteiger charge is 2.16. The van der Waals surface area contributed by atoms with Crippen molar-refractivity contribution < 1.29 is 13.3 Å². The second kappa shape index (κ2) is 6.87. The zero-order chi connectivity index (χ0) is 17.0. The van der Waals surface area contributed by atoms with E-state index in [0.29, 0.717) is 16.7 Å². The molecule has 0 aliphatic rings. The van der Waals surface area contributed by atoms with E-state index in [1.807, 2.05) is 11.8 Å². The van der Waals surface area contributed by atoms with Gasteiger partial charge in [0.15, 0.2) is 0 Å². The summed E-state index contributed by atoms with van der Waals surface area (Å²) in [5, 5.41) is 18.5. The lowest BCUT2D eigenvalue weighted by atomic mass is 10.3. The Hall–Kier alpha value is -2.27. The molecule has 0 fully saturated rings. The lowest BCUT2D eigenvalue weighted by Crippen LogP contribution is -2.18. The second-order valence-corrected chi connectivity index (χ2v) is 6.84. The number of nitrogens with one attached hydrogen (secondary N) is 1. The van der Waals surface area contributed by atoms with Crippen molar-refractivity contribution in [2.75, 3.05) is 0 Å². The van der Waals surface area contributed by atoms with E-state index in [1.165, 1.54) is 24.4 Å². The lowest BCUT2D eigenvalue weighted by molar-refractivity contribution is -0.385. The number of hydrogen-bond acceptors (Lipinski definition) is 6. The normalized spacial score (nSPS) is 11.7. The van der Waals surface area contributed by atoms with Crippen molar-refractivity contribution in [2.45, 2.75) is 18.4 Å². The van der Waals surface area contributed by atoms with Crippen LogP contribution in [0.25, 0.3) is 0 Å². The molecule has 1 aromatic carbocycles. The number of hydrazone groups is 1. The average molecular weight is 402 g/mol. The highest BCUT2D eigenvalue weighted by atomic mass is 79.9. The number of aromatic nitrogens is 2. The summed E-state index contributed by atoms with van der Waals surface area (Å²) in [4.78, 5) is 11.8. The Kier molecular flexibility index (Phi) is 5.11. The Labute approximate surface area is 140 Å². The first-order chi connectivity index (χ1) is 10.8. The van der Waals surface area contributed by atoms with E-state index in [9.17, 15) is 18.5 Å². The van der Waals surface area contributed by atoms with Crippen molar-refractivity contribution in [3.8, 4) is 0 Å². The monoisotopic (exact) mass is 401 g/mol.